The molecule has 7 nitrogen and oxygen atoms in total. The summed E-state index contributed by atoms with van der Waals surface area (Å²) in [4.78, 5) is 23.0. The summed E-state index contributed by atoms with van der Waals surface area (Å²) in [6.07, 6.45) is 0. The second-order valence-corrected chi connectivity index (χ2v) is 6.49. The van der Waals surface area contributed by atoms with Crippen LogP contribution in [0.5, 0.6) is 5.75 Å². The highest BCUT2D eigenvalue weighted by atomic mass is 79.9. The van der Waals surface area contributed by atoms with E-state index in [2.05, 4.69) is 5.32 Å². The predicted molar refractivity (Wildman–Crippen MR) is 105 cm³/mol. The van der Waals surface area contributed by atoms with Gasteiger partial charge in [-0.25, -0.2) is 0 Å². The molecule has 1 N–H and O–H groups in total. The molecule has 2 rings (SSSR count). The molecule has 0 saturated carbocycles. The van der Waals surface area contributed by atoms with Gasteiger partial charge in [-0.2, -0.15) is 0 Å². The monoisotopic (exact) mass is 451 g/mol. The molecule has 152 valence electrons. The second-order valence-electron chi connectivity index (χ2n) is 6.49. The van der Waals surface area contributed by atoms with Gasteiger partial charge in [-0.15, -0.1) is 0 Å². The average Bonchev–Trinajstić information content (AvgIpc) is 2.67. The summed E-state index contributed by atoms with van der Waals surface area (Å²) in [5, 5.41) is 13.7. The van der Waals surface area contributed by atoms with E-state index in [-0.39, 0.29) is 28.6 Å². The fraction of sp³-hybridized carbons (Fsp3) is 0.350. The lowest BCUT2D eigenvalue weighted by molar-refractivity contribution is -0.930. The highest BCUT2D eigenvalue weighted by molar-refractivity contribution is 5.91. The number of anilines is 1. The third-order valence-corrected chi connectivity index (χ3v) is 4.84. The Morgan fingerprint density at radius 3 is 2.32 bits per heavy atom. The molecule has 0 radical (unpaired) electrons. The first-order valence-corrected chi connectivity index (χ1v) is 8.93. The van der Waals surface area contributed by atoms with E-state index in [4.69, 9.17) is 4.74 Å². The normalized spacial score (nSPS) is 10.7. The number of nitro benzene ring substituents is 1. The topological polar surface area (TPSA) is 81.5 Å². The van der Waals surface area contributed by atoms with E-state index in [1.807, 2.05) is 32.0 Å². The maximum absolute atomic E-state index is 12.6. The first-order valence-electron chi connectivity index (χ1n) is 8.93. The van der Waals surface area contributed by atoms with Gasteiger partial charge < -0.3 is 31.5 Å². The molecule has 2 aromatic carbocycles. The smallest absolute Gasteiger partial charge is 0.279 e. The van der Waals surface area contributed by atoms with Crippen LogP contribution in [0.25, 0.3) is 0 Å². The first-order chi connectivity index (χ1) is 12.9. The number of rotatable bonds is 9. The molecule has 1 amide bonds. The highest BCUT2D eigenvalue weighted by Gasteiger charge is 2.27. The summed E-state index contributed by atoms with van der Waals surface area (Å²) in [6.45, 7) is 6.61. The maximum Gasteiger partial charge on any atom is 0.279 e. The minimum absolute atomic E-state index is 0. The molecule has 0 spiro atoms. The molecule has 0 unspecified atom stereocenters. The van der Waals surface area contributed by atoms with E-state index in [1.165, 1.54) is 12.1 Å². The van der Waals surface area contributed by atoms with E-state index >= 15 is 0 Å². The molecular weight excluding hydrogens is 426 g/mol. The van der Waals surface area contributed by atoms with E-state index in [0.717, 1.165) is 18.7 Å². The van der Waals surface area contributed by atoms with Crippen LogP contribution >= 0.6 is 0 Å². The number of nitrogens with zero attached hydrogens (tertiary/aromatic N) is 2. The SMILES string of the molecule is CC[N+](CC)(CC(=O)Nc1cccc(OC)c1)Cc1ccc([N+](=O)[O-])cc1.[Br-]. The summed E-state index contributed by atoms with van der Waals surface area (Å²) in [6, 6.07) is 13.8. The Kier molecular flexibility index (Phi) is 9.08. The number of nitrogens with one attached hydrogen (secondary N) is 1. The lowest BCUT2D eigenvalue weighted by Gasteiger charge is -2.36. The number of carbonyl (C=O) groups is 1. The first kappa shape index (κ1) is 23.6. The highest BCUT2D eigenvalue weighted by Crippen LogP contribution is 2.20. The zero-order valence-electron chi connectivity index (χ0n) is 16.4. The number of benzene rings is 2. The van der Waals surface area contributed by atoms with Crippen molar-refractivity contribution in [3.63, 3.8) is 0 Å². The van der Waals surface area contributed by atoms with Crippen LogP contribution in [0.15, 0.2) is 48.5 Å². The molecule has 0 bridgehead atoms. The lowest BCUT2D eigenvalue weighted by atomic mass is 10.1. The van der Waals surface area contributed by atoms with Crippen LogP contribution in [0.1, 0.15) is 19.4 Å². The maximum atomic E-state index is 12.6. The summed E-state index contributed by atoms with van der Waals surface area (Å²) in [5.74, 6) is 0.610. The third kappa shape index (κ3) is 6.31. The Bertz CT molecular complexity index is 792. The van der Waals surface area contributed by atoms with Crippen LogP contribution in [0.4, 0.5) is 11.4 Å². The molecule has 8 heteroatoms. The molecule has 0 atom stereocenters. The molecule has 0 aliphatic heterocycles. The van der Waals surface area contributed by atoms with Gasteiger partial charge in [0.1, 0.15) is 12.3 Å². The number of hydrogen-bond acceptors (Lipinski definition) is 4. The number of carbonyl (C=O) groups excluding carboxylic acids is 1. The second kappa shape index (κ2) is 10.8. The van der Waals surface area contributed by atoms with Crippen LogP contribution in [0.2, 0.25) is 0 Å². The fourth-order valence-electron chi connectivity index (χ4n) is 3.04. The van der Waals surface area contributed by atoms with E-state index in [0.29, 0.717) is 29.0 Å². The summed E-state index contributed by atoms with van der Waals surface area (Å²) in [7, 11) is 1.58. The van der Waals surface area contributed by atoms with Crippen molar-refractivity contribution in [1.82, 2.24) is 0 Å². The Labute approximate surface area is 175 Å². The third-order valence-electron chi connectivity index (χ3n) is 4.84. The molecule has 0 aliphatic rings. The van der Waals surface area contributed by atoms with Crippen molar-refractivity contribution >= 4 is 17.3 Å². The molecular formula is C20H26BrN3O4. The summed E-state index contributed by atoms with van der Waals surface area (Å²) >= 11 is 0. The summed E-state index contributed by atoms with van der Waals surface area (Å²) in [5.41, 5.74) is 1.74. The number of methoxy groups -OCH3 is 1. The van der Waals surface area contributed by atoms with Gasteiger partial charge in [0.05, 0.1) is 25.1 Å². The van der Waals surface area contributed by atoms with Crippen LogP contribution < -0.4 is 27.0 Å². The van der Waals surface area contributed by atoms with Gasteiger partial charge in [-0.05, 0) is 38.1 Å². The number of quaternary nitrogens is 1. The fourth-order valence-corrected chi connectivity index (χ4v) is 3.04. The van der Waals surface area contributed by atoms with Crippen molar-refractivity contribution in [2.75, 3.05) is 32.1 Å². The Hall–Kier alpha value is -2.45. The van der Waals surface area contributed by atoms with Crippen LogP contribution in [-0.4, -0.2) is 42.1 Å². The van der Waals surface area contributed by atoms with Gasteiger partial charge in [-0.1, -0.05) is 6.07 Å². The van der Waals surface area contributed by atoms with Crippen molar-refractivity contribution < 1.29 is 35.9 Å². The number of nitro groups is 1. The van der Waals surface area contributed by atoms with Crippen LogP contribution in [0.3, 0.4) is 0 Å². The molecule has 0 aliphatic carbocycles. The zero-order valence-corrected chi connectivity index (χ0v) is 17.9. The van der Waals surface area contributed by atoms with Gasteiger partial charge in [0, 0.05) is 29.4 Å². The number of amides is 1. The van der Waals surface area contributed by atoms with Crippen LogP contribution in [0, 0.1) is 10.1 Å². The number of likely N-dealkylation sites (N-methyl/N-ethyl adjacent to an activating group) is 1. The van der Waals surface area contributed by atoms with Crippen LogP contribution in [-0.2, 0) is 11.3 Å². The molecule has 2 aromatic rings. The van der Waals surface area contributed by atoms with E-state index in [1.54, 1.807) is 25.3 Å². The molecule has 0 saturated heterocycles. The zero-order chi connectivity index (χ0) is 19.9. The molecule has 28 heavy (non-hydrogen) atoms. The summed E-state index contributed by atoms with van der Waals surface area (Å²) < 4.78 is 5.75. The Morgan fingerprint density at radius 2 is 1.79 bits per heavy atom. The number of non-ortho nitro benzene ring substituents is 1. The number of ether oxygens (including phenoxy) is 1. The standard InChI is InChI=1S/C20H25N3O4.BrH/c1-4-23(5-2,14-16-9-11-18(12-10-16)22(25)26)15-20(24)21-17-7-6-8-19(13-17)27-3;/h6-13H,4-5,14-15H2,1-3H3;1H. The van der Waals surface area contributed by atoms with Gasteiger partial charge in [-0.3, -0.25) is 14.9 Å². The van der Waals surface area contributed by atoms with Crippen molar-refractivity contribution in [3.05, 3.63) is 64.2 Å². The van der Waals surface area contributed by atoms with E-state index in [9.17, 15) is 14.9 Å². The average molecular weight is 452 g/mol. The minimum Gasteiger partial charge on any atom is -1.00 e. The number of hydrogen-bond donors (Lipinski definition) is 1. The quantitative estimate of drug-likeness (QED) is 0.343. The van der Waals surface area contributed by atoms with Gasteiger partial charge in [0.25, 0.3) is 11.6 Å². The molecule has 0 fully saturated rings. The van der Waals surface area contributed by atoms with Crippen molar-refractivity contribution in [3.8, 4) is 5.75 Å². The van der Waals surface area contributed by atoms with Crippen molar-refractivity contribution in [2.45, 2.75) is 20.4 Å². The molecule has 0 heterocycles. The Morgan fingerprint density at radius 1 is 1.14 bits per heavy atom. The number of halogens is 1. The largest absolute Gasteiger partial charge is 1.00 e. The molecule has 0 aromatic heterocycles. The van der Waals surface area contributed by atoms with Gasteiger partial charge in [0.2, 0.25) is 0 Å². The van der Waals surface area contributed by atoms with Crippen molar-refractivity contribution in [2.24, 2.45) is 0 Å². The lowest BCUT2D eigenvalue weighted by Crippen LogP contribution is -3.00. The van der Waals surface area contributed by atoms with Crippen molar-refractivity contribution in [1.29, 1.82) is 0 Å². The van der Waals surface area contributed by atoms with Gasteiger partial charge >= 0.3 is 0 Å². The van der Waals surface area contributed by atoms with Gasteiger partial charge in [0.15, 0.2) is 6.54 Å². The van der Waals surface area contributed by atoms with E-state index < -0.39 is 4.92 Å². The minimum atomic E-state index is -0.410. The predicted octanol–water partition coefficient (Wildman–Crippen LogP) is 0.603. The Balaban J connectivity index is 0.00000392.